The predicted molar refractivity (Wildman–Crippen MR) is 208 cm³/mol. The highest BCUT2D eigenvalue weighted by Gasteiger charge is 2.63. The summed E-state index contributed by atoms with van der Waals surface area (Å²) in [5, 5.41) is 24.2. The van der Waals surface area contributed by atoms with Crippen LogP contribution in [0, 0.1) is 23.6 Å². The summed E-state index contributed by atoms with van der Waals surface area (Å²) in [5.41, 5.74) is 4.75. The minimum absolute atomic E-state index is 0.0474. The van der Waals surface area contributed by atoms with E-state index in [0.717, 1.165) is 66.9 Å². The number of halogens is 1. The molecule has 1 fully saturated rings. The first-order valence-electron chi connectivity index (χ1n) is 19.1. The van der Waals surface area contributed by atoms with Gasteiger partial charge in [-0.1, -0.05) is 48.3 Å². The number of oxime groups is 1. The van der Waals surface area contributed by atoms with Crippen LogP contribution in [0.1, 0.15) is 74.5 Å². The summed E-state index contributed by atoms with van der Waals surface area (Å²) in [6, 6.07) is 16.7. The largest absolute Gasteiger partial charge is 0.489 e. The second kappa shape index (κ2) is 19.1. The van der Waals surface area contributed by atoms with Crippen molar-refractivity contribution in [2.24, 2.45) is 22.9 Å². The Morgan fingerprint density at radius 2 is 1.85 bits per heavy atom. The molecule has 8 nitrogen and oxygen atoms in total. The van der Waals surface area contributed by atoms with E-state index in [9.17, 15) is 14.6 Å². The van der Waals surface area contributed by atoms with Gasteiger partial charge in [0.1, 0.15) is 30.5 Å². The van der Waals surface area contributed by atoms with Crippen LogP contribution in [0.2, 0.25) is 0 Å². The number of nitrogens with zero attached hydrogens (tertiary/aromatic N) is 2. The van der Waals surface area contributed by atoms with Crippen LogP contribution in [0.4, 0.5) is 4.39 Å². The van der Waals surface area contributed by atoms with Gasteiger partial charge in [0.15, 0.2) is 0 Å². The van der Waals surface area contributed by atoms with Crippen LogP contribution in [0.15, 0.2) is 96.5 Å². The van der Waals surface area contributed by atoms with E-state index in [1.54, 1.807) is 18.2 Å². The van der Waals surface area contributed by atoms with Crippen LogP contribution in [0.25, 0.3) is 0 Å². The van der Waals surface area contributed by atoms with Crippen molar-refractivity contribution in [2.45, 2.75) is 81.9 Å². The molecule has 2 N–H and O–H groups in total. The van der Waals surface area contributed by atoms with E-state index in [4.69, 9.17) is 24.2 Å². The van der Waals surface area contributed by atoms with Gasteiger partial charge in [-0.2, -0.15) is 11.8 Å². The molecule has 0 saturated heterocycles. The summed E-state index contributed by atoms with van der Waals surface area (Å²) < 4.78 is 35.1. The van der Waals surface area contributed by atoms with E-state index in [0.29, 0.717) is 37.4 Å². The van der Waals surface area contributed by atoms with Gasteiger partial charge < -0.3 is 29.3 Å². The van der Waals surface area contributed by atoms with Crippen LogP contribution in [-0.2, 0) is 22.6 Å². The number of aryl methyl sites for hydroxylation is 1. The number of hydrogen-bond acceptors (Lipinski definition) is 9. The number of benzene rings is 2. The normalized spacial score (nSPS) is 25.2. The Morgan fingerprint density at radius 1 is 1.06 bits per heavy atom. The average molecular weight is 745 g/mol. The van der Waals surface area contributed by atoms with Crippen molar-refractivity contribution >= 4 is 17.5 Å². The standard InChI is InChI=1S/C43H53FN2O6S/c1-3-24-50-43-40(53-25-19-30-17-20-45-21-18-30)28-38(46-51-4-2)35-26-31(11-7-9-22-47)34(13-8-10-23-48)41(42(35)43)36-27-33(15-16-39(36)52-43)49-29-32-12-5-6-14-37(32)44/h3,5-6,12,14-18,20-21,26-27,31,34,40-42,47-48H,1,4,7-11,13,19,22-25,28-29H2,2H3. The number of hydrogen-bond donors (Lipinski definition) is 2. The zero-order valence-electron chi connectivity index (χ0n) is 30.7. The summed E-state index contributed by atoms with van der Waals surface area (Å²) in [6.45, 7) is 7.12. The van der Waals surface area contributed by atoms with Crippen molar-refractivity contribution < 1.29 is 33.7 Å². The molecule has 1 aliphatic heterocycles. The zero-order valence-corrected chi connectivity index (χ0v) is 31.5. The zero-order chi connectivity index (χ0) is 37.0. The van der Waals surface area contributed by atoms with Crippen LogP contribution in [0.5, 0.6) is 11.5 Å². The number of unbranched alkanes of at least 4 members (excludes halogenated alkanes) is 2. The Balaban J connectivity index is 1.47. The average Bonchev–Trinajstić information content (AvgIpc) is 3.18. The number of aliphatic hydroxyl groups is 2. The lowest BCUT2D eigenvalue weighted by atomic mass is 9.56. The molecule has 2 aromatic carbocycles. The van der Waals surface area contributed by atoms with Crippen LogP contribution in [0.3, 0.4) is 0 Å². The van der Waals surface area contributed by atoms with Crippen molar-refractivity contribution in [3.63, 3.8) is 0 Å². The number of fused-ring (bicyclic) bond motifs is 2. The first-order valence-corrected chi connectivity index (χ1v) is 20.1. The Bertz CT molecular complexity index is 1700. The number of aromatic nitrogens is 1. The number of ether oxygens (including phenoxy) is 3. The molecular weight excluding hydrogens is 692 g/mol. The van der Waals surface area contributed by atoms with Crippen molar-refractivity contribution in [1.29, 1.82) is 0 Å². The second-order valence-electron chi connectivity index (χ2n) is 14.0. The van der Waals surface area contributed by atoms with Gasteiger partial charge >= 0.3 is 0 Å². The molecule has 53 heavy (non-hydrogen) atoms. The van der Waals surface area contributed by atoms with Crippen LogP contribution >= 0.6 is 11.8 Å². The second-order valence-corrected chi connectivity index (χ2v) is 15.3. The van der Waals surface area contributed by atoms with Crippen molar-refractivity contribution in [3.8, 4) is 11.5 Å². The van der Waals surface area contributed by atoms with Gasteiger partial charge in [-0.3, -0.25) is 4.98 Å². The molecule has 0 radical (unpaired) electrons. The van der Waals surface area contributed by atoms with E-state index in [2.05, 4.69) is 35.8 Å². The first-order chi connectivity index (χ1) is 26.0. The van der Waals surface area contributed by atoms with Crippen molar-refractivity contribution in [3.05, 3.63) is 114 Å². The quantitative estimate of drug-likeness (QED) is 0.0676. The third-order valence-corrected chi connectivity index (χ3v) is 12.1. The van der Waals surface area contributed by atoms with Gasteiger partial charge in [0.2, 0.25) is 5.79 Å². The maximum atomic E-state index is 14.6. The molecule has 3 aromatic rings. The molecule has 0 spiro atoms. The fraction of sp³-hybridized carbons (Fsp3) is 0.488. The molecule has 1 saturated carbocycles. The highest BCUT2D eigenvalue weighted by atomic mass is 32.2. The van der Waals surface area contributed by atoms with Gasteiger partial charge in [0, 0.05) is 49.1 Å². The topological polar surface area (TPSA) is 103 Å². The molecule has 10 heteroatoms. The maximum Gasteiger partial charge on any atom is 0.230 e. The van der Waals surface area contributed by atoms with Gasteiger partial charge in [0.25, 0.3) is 0 Å². The fourth-order valence-electron chi connectivity index (χ4n) is 8.35. The van der Waals surface area contributed by atoms with E-state index in [1.807, 2.05) is 49.3 Å². The molecule has 0 amide bonds. The minimum Gasteiger partial charge on any atom is -0.489 e. The molecule has 6 rings (SSSR count). The summed E-state index contributed by atoms with van der Waals surface area (Å²) in [6.07, 6.45) is 14.3. The van der Waals surface area contributed by atoms with Crippen LogP contribution in [-0.4, -0.2) is 64.1 Å². The molecule has 1 aromatic heterocycles. The number of aliphatic hydroxyl groups excluding tert-OH is 2. The molecular formula is C43H53FN2O6S. The molecule has 2 aliphatic carbocycles. The fourth-order valence-corrected chi connectivity index (χ4v) is 9.76. The molecule has 3 aliphatic rings. The lowest BCUT2D eigenvalue weighted by Gasteiger charge is -2.58. The Hall–Kier alpha value is -3.70. The van der Waals surface area contributed by atoms with E-state index in [-0.39, 0.29) is 54.6 Å². The Kier molecular flexibility index (Phi) is 14.0. The molecule has 284 valence electrons. The maximum absolute atomic E-state index is 14.6. The van der Waals surface area contributed by atoms with Gasteiger partial charge in [-0.25, -0.2) is 4.39 Å². The number of rotatable bonds is 20. The predicted octanol–water partition coefficient (Wildman–Crippen LogP) is 8.43. The highest BCUT2D eigenvalue weighted by molar-refractivity contribution is 8.00. The summed E-state index contributed by atoms with van der Waals surface area (Å²) in [4.78, 5) is 10.0. The molecule has 2 heterocycles. The lowest BCUT2D eigenvalue weighted by molar-refractivity contribution is -0.223. The lowest BCUT2D eigenvalue weighted by Crippen LogP contribution is -2.64. The minimum atomic E-state index is -1.04. The summed E-state index contributed by atoms with van der Waals surface area (Å²) in [5.74, 6) is 0.988. The van der Waals surface area contributed by atoms with Gasteiger partial charge in [-0.15, -0.1) is 6.58 Å². The molecule has 6 atom stereocenters. The summed E-state index contributed by atoms with van der Waals surface area (Å²) >= 11 is 1.84. The number of allylic oxidation sites excluding steroid dienone is 1. The van der Waals surface area contributed by atoms with Crippen LogP contribution < -0.4 is 9.47 Å². The third-order valence-electron chi connectivity index (χ3n) is 10.7. The Morgan fingerprint density at radius 3 is 2.60 bits per heavy atom. The monoisotopic (exact) mass is 744 g/mol. The van der Waals surface area contributed by atoms with E-state index in [1.165, 1.54) is 11.6 Å². The van der Waals surface area contributed by atoms with Crippen molar-refractivity contribution in [2.75, 3.05) is 32.2 Å². The van der Waals surface area contributed by atoms with Gasteiger partial charge in [-0.05, 0) is 104 Å². The van der Waals surface area contributed by atoms with Gasteiger partial charge in [0.05, 0.1) is 23.5 Å². The molecule has 0 bridgehead atoms. The smallest absolute Gasteiger partial charge is 0.230 e. The first kappa shape index (κ1) is 39.0. The summed E-state index contributed by atoms with van der Waals surface area (Å²) in [7, 11) is 0. The number of thioether (sulfide) groups is 1. The third kappa shape index (κ3) is 8.99. The molecule has 6 unspecified atom stereocenters. The van der Waals surface area contributed by atoms with E-state index >= 15 is 0 Å². The number of pyridine rings is 1. The van der Waals surface area contributed by atoms with Crippen molar-refractivity contribution in [1.82, 2.24) is 4.98 Å². The highest BCUT2D eigenvalue weighted by Crippen LogP contribution is 2.62. The Labute approximate surface area is 317 Å². The van der Waals surface area contributed by atoms with E-state index < -0.39 is 5.79 Å². The SMILES string of the molecule is C=CCOC12Oc3ccc(OCc4ccccc4F)cc3C3C(CCCCO)C(CCCCO)C=C(C(=NOCC)CC1SCCc1ccncc1)C32.